The van der Waals surface area contributed by atoms with E-state index in [2.05, 4.69) is 15.3 Å². The molecule has 0 aliphatic carbocycles. The molecule has 1 heterocycles. The first-order valence-electron chi connectivity index (χ1n) is 4.90. The number of nitrogens with zero attached hydrogens (tertiary/aromatic N) is 2. The van der Waals surface area contributed by atoms with Crippen LogP contribution in [0.2, 0.25) is 0 Å². The quantitative estimate of drug-likeness (QED) is 0.448. The van der Waals surface area contributed by atoms with Gasteiger partial charge in [0.05, 0.1) is 6.61 Å². The molecule has 1 amide bonds. The highest BCUT2D eigenvalue weighted by molar-refractivity contribution is 6.37. The van der Waals surface area contributed by atoms with E-state index in [0.717, 1.165) is 0 Å². The lowest BCUT2D eigenvalue weighted by atomic mass is 10.4. The Balaban J connectivity index is 2.59. The molecule has 0 saturated carbocycles. The Morgan fingerprint density at radius 3 is 2.81 bits per heavy atom. The molecule has 0 unspecified atom stereocenters. The topological polar surface area (TPSA) is 85.3 Å². The van der Waals surface area contributed by atoms with Crippen LogP contribution in [0, 0.1) is 0 Å². The van der Waals surface area contributed by atoms with Crippen LogP contribution in [0.1, 0.15) is 26.8 Å². The third-order valence-corrected chi connectivity index (χ3v) is 1.71. The van der Waals surface area contributed by atoms with Crippen molar-refractivity contribution < 1.29 is 23.5 Å². The molecule has 7 heteroatoms. The summed E-state index contributed by atoms with van der Waals surface area (Å²) in [4.78, 5) is 22.2. The van der Waals surface area contributed by atoms with E-state index in [-0.39, 0.29) is 18.5 Å². The molecule has 0 atom stereocenters. The molecule has 0 spiro atoms. The van der Waals surface area contributed by atoms with Crippen molar-refractivity contribution in [3.05, 3.63) is 6.20 Å². The van der Waals surface area contributed by atoms with Gasteiger partial charge in [-0.1, -0.05) is 0 Å². The molecule has 0 bridgehead atoms. The molecule has 0 aromatic carbocycles. The Bertz CT molecular complexity index is 386. The first-order valence-corrected chi connectivity index (χ1v) is 4.90. The molecule has 16 heavy (non-hydrogen) atoms. The van der Waals surface area contributed by atoms with Gasteiger partial charge in [-0.3, -0.25) is 14.6 Å². The second-order valence-corrected chi connectivity index (χ2v) is 3.31. The predicted octanol–water partition coefficient (Wildman–Crippen LogP) is 0.0446. The van der Waals surface area contributed by atoms with E-state index in [4.69, 9.17) is 4.52 Å². The lowest BCUT2D eigenvalue weighted by Gasteiger charge is -1.98. The number of amides is 1. The van der Waals surface area contributed by atoms with Crippen LogP contribution in [0.3, 0.4) is 0 Å². The molecular weight excluding hydrogens is 214 g/mol. The summed E-state index contributed by atoms with van der Waals surface area (Å²) in [6.45, 7) is 5.57. The van der Waals surface area contributed by atoms with E-state index >= 15 is 0 Å². The molecule has 0 saturated heterocycles. The van der Waals surface area contributed by atoms with Gasteiger partial charge in [-0.2, -0.15) is 0 Å². The number of carbonyl (C=O) groups is 2. The minimum absolute atomic E-state index is 0.103. The van der Waals surface area contributed by atoms with Gasteiger partial charge >= 0.3 is 17.8 Å². The first-order chi connectivity index (χ1) is 7.54. The maximum atomic E-state index is 11.2. The SMILES string of the molecule is CCOC(=O)C(=O)Nc1c[n+](C(C)C)no1. The van der Waals surface area contributed by atoms with Crippen molar-refractivity contribution in [3.63, 3.8) is 0 Å². The maximum absolute atomic E-state index is 11.2. The second kappa shape index (κ2) is 5.24. The molecule has 1 N–H and O–H groups in total. The number of nitrogens with one attached hydrogen (secondary N) is 1. The Morgan fingerprint density at radius 1 is 1.62 bits per heavy atom. The van der Waals surface area contributed by atoms with E-state index in [1.807, 2.05) is 13.8 Å². The Hall–Kier alpha value is -1.92. The molecule has 0 radical (unpaired) electrons. The lowest BCUT2D eigenvalue weighted by molar-refractivity contribution is -0.779. The monoisotopic (exact) mass is 228 g/mol. The first kappa shape index (κ1) is 12.2. The fraction of sp³-hybridized carbons (Fsp3) is 0.556. The number of esters is 1. The van der Waals surface area contributed by atoms with Crippen molar-refractivity contribution in [2.24, 2.45) is 0 Å². The third kappa shape index (κ3) is 3.04. The van der Waals surface area contributed by atoms with Gasteiger partial charge in [-0.25, -0.2) is 4.79 Å². The van der Waals surface area contributed by atoms with Crippen molar-refractivity contribution in [1.29, 1.82) is 0 Å². The molecule has 1 rings (SSSR count). The molecule has 0 aliphatic rings. The van der Waals surface area contributed by atoms with Gasteiger partial charge in [0.1, 0.15) is 0 Å². The van der Waals surface area contributed by atoms with Crippen LogP contribution in [0.15, 0.2) is 10.7 Å². The smallest absolute Gasteiger partial charge is 0.397 e. The maximum Gasteiger partial charge on any atom is 0.397 e. The van der Waals surface area contributed by atoms with E-state index in [1.54, 1.807) is 6.92 Å². The predicted molar refractivity (Wildman–Crippen MR) is 52.3 cm³/mol. The summed E-state index contributed by atoms with van der Waals surface area (Å²) in [7, 11) is 0. The van der Waals surface area contributed by atoms with Gasteiger partial charge in [0.25, 0.3) is 6.20 Å². The van der Waals surface area contributed by atoms with Gasteiger partial charge in [0.2, 0.25) is 5.27 Å². The molecule has 1 aromatic heterocycles. The number of hydrogen-bond acceptors (Lipinski definition) is 5. The van der Waals surface area contributed by atoms with Crippen LogP contribution in [0.25, 0.3) is 0 Å². The number of rotatable bonds is 3. The summed E-state index contributed by atoms with van der Waals surface area (Å²) >= 11 is 0. The summed E-state index contributed by atoms with van der Waals surface area (Å²) in [6, 6.07) is 0.108. The zero-order valence-electron chi connectivity index (χ0n) is 9.39. The van der Waals surface area contributed by atoms with Gasteiger partial charge in [0.15, 0.2) is 6.04 Å². The van der Waals surface area contributed by atoms with Crippen molar-refractivity contribution >= 4 is 17.8 Å². The summed E-state index contributed by atoms with van der Waals surface area (Å²) in [5.74, 6) is -1.73. The number of hydrogen-bond donors (Lipinski definition) is 1. The summed E-state index contributed by atoms with van der Waals surface area (Å²) in [5, 5.41) is 5.89. The fourth-order valence-corrected chi connectivity index (χ4v) is 0.916. The average molecular weight is 228 g/mol. The highest BCUT2D eigenvalue weighted by Crippen LogP contribution is 2.02. The Labute approximate surface area is 92.3 Å². The summed E-state index contributed by atoms with van der Waals surface area (Å²) in [5.41, 5.74) is 0. The van der Waals surface area contributed by atoms with Gasteiger partial charge < -0.3 is 4.74 Å². The number of anilines is 1. The molecule has 7 nitrogen and oxygen atoms in total. The van der Waals surface area contributed by atoms with Crippen molar-refractivity contribution in [1.82, 2.24) is 5.27 Å². The molecule has 0 aliphatic heterocycles. The highest BCUT2D eigenvalue weighted by atomic mass is 16.5. The van der Waals surface area contributed by atoms with Crippen LogP contribution in [-0.2, 0) is 14.3 Å². The zero-order chi connectivity index (χ0) is 12.1. The second-order valence-electron chi connectivity index (χ2n) is 3.31. The van der Waals surface area contributed by atoms with Crippen LogP contribution in [-0.4, -0.2) is 23.8 Å². The van der Waals surface area contributed by atoms with Crippen molar-refractivity contribution in [2.45, 2.75) is 26.8 Å². The molecular formula is C9H14N3O4+. The molecule has 1 aromatic rings. The Morgan fingerprint density at radius 2 is 2.31 bits per heavy atom. The Kier molecular flexibility index (Phi) is 3.98. The average Bonchev–Trinajstić information content (AvgIpc) is 2.66. The summed E-state index contributed by atoms with van der Waals surface area (Å²) in [6.07, 6.45) is 1.49. The van der Waals surface area contributed by atoms with Crippen molar-refractivity contribution in [3.8, 4) is 0 Å². The largest absolute Gasteiger partial charge is 0.459 e. The van der Waals surface area contributed by atoms with E-state index < -0.39 is 11.9 Å². The van der Waals surface area contributed by atoms with Crippen LogP contribution in [0.4, 0.5) is 5.88 Å². The number of carbonyl (C=O) groups excluding carboxylic acids is 2. The van der Waals surface area contributed by atoms with Crippen LogP contribution in [0.5, 0.6) is 0 Å². The van der Waals surface area contributed by atoms with Crippen molar-refractivity contribution in [2.75, 3.05) is 11.9 Å². The van der Waals surface area contributed by atoms with Gasteiger partial charge in [-0.05, 0) is 25.5 Å². The summed E-state index contributed by atoms with van der Waals surface area (Å²) < 4.78 is 10.8. The van der Waals surface area contributed by atoms with E-state index in [9.17, 15) is 9.59 Å². The standard InChI is InChI=1S/C9H13N3O4/c1-4-15-9(14)8(13)10-7-5-12(6(2)3)11-16-7/h5-6H,4H2,1-3H3/p+1. The minimum atomic E-state index is -0.949. The minimum Gasteiger partial charge on any atom is -0.459 e. The van der Waals surface area contributed by atoms with E-state index in [1.165, 1.54) is 10.9 Å². The third-order valence-electron chi connectivity index (χ3n) is 1.71. The van der Waals surface area contributed by atoms with Gasteiger partial charge in [-0.15, -0.1) is 0 Å². The lowest BCUT2D eigenvalue weighted by Crippen LogP contribution is -2.37. The molecule has 0 fully saturated rings. The van der Waals surface area contributed by atoms with Gasteiger partial charge in [0, 0.05) is 0 Å². The molecule has 88 valence electrons. The zero-order valence-corrected chi connectivity index (χ0v) is 9.39. The fourth-order valence-electron chi connectivity index (χ4n) is 0.916. The number of ether oxygens (including phenoxy) is 1. The normalized spacial score (nSPS) is 10.2. The van der Waals surface area contributed by atoms with Crippen LogP contribution >= 0.6 is 0 Å². The number of aromatic nitrogens is 2. The van der Waals surface area contributed by atoms with Crippen LogP contribution < -0.4 is 10.00 Å². The highest BCUT2D eigenvalue weighted by Gasteiger charge is 2.21. The van der Waals surface area contributed by atoms with E-state index in [0.29, 0.717) is 0 Å².